The van der Waals surface area contributed by atoms with Gasteiger partial charge < -0.3 is 10.6 Å². The van der Waals surface area contributed by atoms with Gasteiger partial charge in [-0.1, -0.05) is 20.8 Å². The zero-order chi connectivity index (χ0) is 12.9. The summed E-state index contributed by atoms with van der Waals surface area (Å²) in [5.41, 5.74) is 9.51. The Hall–Kier alpha value is -0.450. The van der Waals surface area contributed by atoms with E-state index in [1.807, 2.05) is 5.51 Å². The molecule has 0 saturated heterocycles. The summed E-state index contributed by atoms with van der Waals surface area (Å²) >= 11 is 1.65. The molecule has 1 rings (SSSR count). The maximum absolute atomic E-state index is 6.14. The molecule has 98 valence electrons. The molecule has 1 heterocycles. The monoisotopic (exact) mass is 255 g/mol. The maximum Gasteiger partial charge on any atom is 0.0795 e. The van der Waals surface area contributed by atoms with Crippen molar-refractivity contribution in [1.29, 1.82) is 0 Å². The molecule has 1 aromatic rings. The number of hydrogen-bond acceptors (Lipinski definition) is 4. The van der Waals surface area contributed by atoms with Crippen LogP contribution in [0.2, 0.25) is 0 Å². The third kappa shape index (κ3) is 6.76. The lowest BCUT2D eigenvalue weighted by Gasteiger charge is -2.24. The zero-order valence-corrected chi connectivity index (χ0v) is 12.3. The number of thiazole rings is 1. The van der Waals surface area contributed by atoms with Crippen LogP contribution < -0.4 is 5.73 Å². The van der Waals surface area contributed by atoms with Crippen LogP contribution in [0.5, 0.6) is 0 Å². The van der Waals surface area contributed by atoms with E-state index in [-0.39, 0.29) is 0 Å². The van der Waals surface area contributed by atoms with E-state index in [2.05, 4.69) is 43.1 Å². The van der Waals surface area contributed by atoms with Crippen LogP contribution in [-0.4, -0.2) is 29.5 Å². The molecule has 0 aliphatic heterocycles. The third-order valence-electron chi connectivity index (χ3n) is 2.67. The van der Waals surface area contributed by atoms with Crippen molar-refractivity contribution in [1.82, 2.24) is 9.88 Å². The number of aromatic nitrogens is 1. The molecular weight excluding hydrogens is 230 g/mol. The molecule has 0 fully saturated rings. The number of nitrogens with two attached hydrogens (primary N) is 1. The fraction of sp³-hybridized carbons (Fsp3) is 0.769. The number of hydrogen-bond donors (Lipinski definition) is 1. The molecule has 0 saturated carbocycles. The number of nitrogens with zero attached hydrogens (tertiary/aromatic N) is 2. The van der Waals surface area contributed by atoms with Gasteiger partial charge in [0.1, 0.15) is 0 Å². The highest BCUT2D eigenvalue weighted by atomic mass is 32.1. The van der Waals surface area contributed by atoms with E-state index in [9.17, 15) is 0 Å². The van der Waals surface area contributed by atoms with Gasteiger partial charge in [-0.25, -0.2) is 4.98 Å². The SMILES string of the molecule is CN(CCC(N)CC(C)(C)C)Cc1cscn1. The van der Waals surface area contributed by atoms with Crippen LogP contribution in [0.15, 0.2) is 10.9 Å². The first-order valence-electron chi connectivity index (χ1n) is 6.18. The highest BCUT2D eigenvalue weighted by Crippen LogP contribution is 2.21. The average Bonchev–Trinajstić information content (AvgIpc) is 2.64. The van der Waals surface area contributed by atoms with Gasteiger partial charge in [0.15, 0.2) is 0 Å². The Morgan fingerprint density at radius 3 is 2.71 bits per heavy atom. The summed E-state index contributed by atoms with van der Waals surface area (Å²) in [6, 6.07) is 0.299. The van der Waals surface area contributed by atoms with E-state index >= 15 is 0 Å². The Balaban J connectivity index is 2.21. The van der Waals surface area contributed by atoms with Crippen LogP contribution >= 0.6 is 11.3 Å². The Kier molecular flexibility index (Phi) is 5.56. The highest BCUT2D eigenvalue weighted by molar-refractivity contribution is 7.07. The molecule has 4 heteroatoms. The van der Waals surface area contributed by atoms with Gasteiger partial charge >= 0.3 is 0 Å². The van der Waals surface area contributed by atoms with Gasteiger partial charge in [0.2, 0.25) is 0 Å². The molecule has 3 nitrogen and oxygen atoms in total. The number of rotatable bonds is 6. The van der Waals surface area contributed by atoms with Crippen LogP contribution in [-0.2, 0) is 6.54 Å². The maximum atomic E-state index is 6.14. The second-order valence-corrected chi connectivity index (χ2v) is 6.75. The van der Waals surface area contributed by atoms with Crippen LogP contribution in [0.25, 0.3) is 0 Å². The fourth-order valence-electron chi connectivity index (χ4n) is 1.95. The van der Waals surface area contributed by atoms with Crippen LogP contribution in [0.1, 0.15) is 39.3 Å². The summed E-state index contributed by atoms with van der Waals surface area (Å²) in [6.45, 7) is 8.68. The molecular formula is C13H25N3S. The van der Waals surface area contributed by atoms with E-state index in [1.165, 1.54) is 0 Å². The van der Waals surface area contributed by atoms with Crippen LogP contribution in [0.3, 0.4) is 0 Å². The van der Waals surface area contributed by atoms with E-state index in [4.69, 9.17) is 5.73 Å². The first kappa shape index (κ1) is 14.6. The lowest BCUT2D eigenvalue weighted by molar-refractivity contribution is 0.276. The van der Waals surface area contributed by atoms with Crippen molar-refractivity contribution in [2.24, 2.45) is 11.1 Å². The fourth-order valence-corrected chi connectivity index (χ4v) is 2.50. The minimum Gasteiger partial charge on any atom is -0.328 e. The van der Waals surface area contributed by atoms with E-state index in [0.29, 0.717) is 11.5 Å². The largest absolute Gasteiger partial charge is 0.328 e. The first-order valence-corrected chi connectivity index (χ1v) is 7.12. The molecule has 2 N–H and O–H groups in total. The first-order chi connectivity index (χ1) is 7.87. The second-order valence-electron chi connectivity index (χ2n) is 6.03. The third-order valence-corrected chi connectivity index (χ3v) is 3.31. The van der Waals surface area contributed by atoms with E-state index < -0.39 is 0 Å². The Bertz CT molecular complexity index is 303. The predicted octanol–water partition coefficient (Wildman–Crippen LogP) is 2.73. The van der Waals surface area contributed by atoms with Crippen molar-refractivity contribution in [2.45, 2.75) is 46.2 Å². The molecule has 17 heavy (non-hydrogen) atoms. The minimum atomic E-state index is 0.299. The predicted molar refractivity (Wildman–Crippen MR) is 75.1 cm³/mol. The van der Waals surface area contributed by atoms with Crippen molar-refractivity contribution in [2.75, 3.05) is 13.6 Å². The molecule has 0 aliphatic rings. The van der Waals surface area contributed by atoms with E-state index in [1.54, 1.807) is 11.3 Å². The molecule has 0 radical (unpaired) electrons. The summed E-state index contributed by atoms with van der Waals surface area (Å²) in [4.78, 5) is 6.58. The molecule has 1 aromatic heterocycles. The molecule has 0 spiro atoms. The highest BCUT2D eigenvalue weighted by Gasteiger charge is 2.15. The van der Waals surface area contributed by atoms with Crippen molar-refractivity contribution < 1.29 is 0 Å². The van der Waals surface area contributed by atoms with Crippen LogP contribution in [0.4, 0.5) is 0 Å². The van der Waals surface area contributed by atoms with Crippen molar-refractivity contribution in [3.05, 3.63) is 16.6 Å². The van der Waals surface area contributed by atoms with Crippen LogP contribution in [0, 0.1) is 5.41 Å². The molecule has 0 aromatic carbocycles. The Morgan fingerprint density at radius 1 is 1.47 bits per heavy atom. The zero-order valence-electron chi connectivity index (χ0n) is 11.4. The molecule has 1 atom stereocenters. The normalized spacial score (nSPS) is 14.2. The smallest absolute Gasteiger partial charge is 0.0795 e. The summed E-state index contributed by atoms with van der Waals surface area (Å²) in [7, 11) is 2.13. The van der Waals surface area contributed by atoms with Gasteiger partial charge in [-0.15, -0.1) is 11.3 Å². The van der Waals surface area contributed by atoms with Gasteiger partial charge in [0, 0.05) is 18.0 Å². The van der Waals surface area contributed by atoms with Gasteiger partial charge in [-0.2, -0.15) is 0 Å². The Morgan fingerprint density at radius 2 is 2.18 bits per heavy atom. The van der Waals surface area contributed by atoms with E-state index in [0.717, 1.165) is 31.6 Å². The molecule has 1 unspecified atom stereocenters. The van der Waals surface area contributed by atoms with Gasteiger partial charge in [0.25, 0.3) is 0 Å². The molecule has 0 aliphatic carbocycles. The van der Waals surface area contributed by atoms with Gasteiger partial charge in [0.05, 0.1) is 11.2 Å². The second kappa shape index (κ2) is 6.47. The molecule has 0 bridgehead atoms. The van der Waals surface area contributed by atoms with Crippen molar-refractivity contribution >= 4 is 11.3 Å². The summed E-state index contributed by atoms with van der Waals surface area (Å²) in [5.74, 6) is 0. The van der Waals surface area contributed by atoms with Gasteiger partial charge in [-0.05, 0) is 31.8 Å². The molecule has 0 amide bonds. The summed E-state index contributed by atoms with van der Waals surface area (Å²) in [6.07, 6.45) is 2.13. The quantitative estimate of drug-likeness (QED) is 0.850. The van der Waals surface area contributed by atoms with Crippen molar-refractivity contribution in [3.8, 4) is 0 Å². The van der Waals surface area contributed by atoms with Crippen molar-refractivity contribution in [3.63, 3.8) is 0 Å². The summed E-state index contributed by atoms with van der Waals surface area (Å²) < 4.78 is 0. The minimum absolute atomic E-state index is 0.299. The summed E-state index contributed by atoms with van der Waals surface area (Å²) in [5, 5.41) is 2.10. The Labute approximate surface area is 109 Å². The topological polar surface area (TPSA) is 42.1 Å². The van der Waals surface area contributed by atoms with Gasteiger partial charge in [-0.3, -0.25) is 0 Å². The lowest BCUT2D eigenvalue weighted by atomic mass is 9.87. The average molecular weight is 255 g/mol. The lowest BCUT2D eigenvalue weighted by Crippen LogP contribution is -2.31. The standard InChI is InChI=1S/C13H25N3S/c1-13(2,3)7-11(14)5-6-16(4)8-12-9-17-10-15-12/h9-11H,5-8,14H2,1-4H3.